The van der Waals surface area contributed by atoms with Crippen molar-refractivity contribution in [3.8, 4) is 0 Å². The second kappa shape index (κ2) is 7.99. The largest absolute Gasteiger partial charge is 0.328 e. The Bertz CT molecular complexity index is 1080. The molecule has 0 aliphatic carbocycles. The standard InChI is InChI=1S/C23H25FN6O2/c1-15-12-28-19-20(25-22(28)30(26-15)13-16-8-4-3-5-9-16)27(2)23(32)29(21(19)31)14-17-10-6-7-11-18(17)24/h3-11,19-20,22,25H,12-14H2,1-2H3. The highest BCUT2D eigenvalue weighted by molar-refractivity contribution is 6.01. The van der Waals surface area contributed by atoms with Gasteiger partial charge in [0.1, 0.15) is 18.0 Å². The van der Waals surface area contributed by atoms with Gasteiger partial charge in [-0.3, -0.25) is 20.0 Å². The van der Waals surface area contributed by atoms with E-state index in [1.54, 1.807) is 25.2 Å². The summed E-state index contributed by atoms with van der Waals surface area (Å²) in [5.41, 5.74) is 2.29. The molecule has 9 heteroatoms. The first-order chi connectivity index (χ1) is 15.4. The maximum atomic E-state index is 14.2. The van der Waals surface area contributed by atoms with Gasteiger partial charge in [-0.15, -0.1) is 0 Å². The molecule has 0 saturated carbocycles. The minimum Gasteiger partial charge on any atom is -0.310 e. The van der Waals surface area contributed by atoms with Crippen LogP contribution in [0.2, 0.25) is 0 Å². The summed E-state index contributed by atoms with van der Waals surface area (Å²) in [7, 11) is 1.67. The van der Waals surface area contributed by atoms with Crippen LogP contribution < -0.4 is 5.32 Å². The molecule has 3 heterocycles. The maximum absolute atomic E-state index is 14.2. The van der Waals surface area contributed by atoms with Crippen LogP contribution in [-0.2, 0) is 17.9 Å². The molecule has 0 radical (unpaired) electrons. The van der Waals surface area contributed by atoms with Crippen LogP contribution >= 0.6 is 0 Å². The van der Waals surface area contributed by atoms with Gasteiger partial charge in [-0.05, 0) is 18.6 Å². The number of carbonyl (C=O) groups is 2. The van der Waals surface area contributed by atoms with Gasteiger partial charge in [0.2, 0.25) is 0 Å². The lowest BCUT2D eigenvalue weighted by Gasteiger charge is -2.42. The molecule has 0 aromatic heterocycles. The van der Waals surface area contributed by atoms with E-state index >= 15 is 0 Å². The summed E-state index contributed by atoms with van der Waals surface area (Å²) in [6.07, 6.45) is -0.822. The van der Waals surface area contributed by atoms with Crippen LogP contribution in [0, 0.1) is 5.82 Å². The molecule has 166 valence electrons. The van der Waals surface area contributed by atoms with Gasteiger partial charge in [-0.2, -0.15) is 5.10 Å². The molecule has 5 rings (SSSR count). The molecule has 0 spiro atoms. The van der Waals surface area contributed by atoms with E-state index in [1.165, 1.54) is 11.0 Å². The Labute approximate surface area is 185 Å². The van der Waals surface area contributed by atoms with Gasteiger partial charge < -0.3 is 4.90 Å². The third-order valence-electron chi connectivity index (χ3n) is 6.23. The summed E-state index contributed by atoms with van der Waals surface area (Å²) >= 11 is 0. The molecule has 2 saturated heterocycles. The number of halogens is 1. The number of imide groups is 1. The number of hydrazone groups is 1. The summed E-state index contributed by atoms with van der Waals surface area (Å²) < 4.78 is 14.2. The second-order valence-electron chi connectivity index (χ2n) is 8.43. The molecule has 3 aliphatic heterocycles. The van der Waals surface area contributed by atoms with Crippen LogP contribution in [0.4, 0.5) is 9.18 Å². The fraction of sp³-hybridized carbons (Fsp3) is 0.348. The van der Waals surface area contributed by atoms with Crippen molar-refractivity contribution < 1.29 is 14.0 Å². The third kappa shape index (κ3) is 3.43. The number of likely N-dealkylation sites (N-methyl/N-ethyl adjacent to an activating group) is 1. The fourth-order valence-electron chi connectivity index (χ4n) is 4.68. The van der Waals surface area contributed by atoms with E-state index in [4.69, 9.17) is 5.10 Å². The molecule has 3 aliphatic rings. The SMILES string of the molecule is CC1=NN(Cc2ccccc2)C2NC3C(C(=O)N(Cc4ccccc4F)C(=O)N3C)N2C1. The lowest BCUT2D eigenvalue weighted by molar-refractivity contribution is -0.139. The summed E-state index contributed by atoms with van der Waals surface area (Å²) in [6, 6.07) is 15.2. The Morgan fingerprint density at radius 3 is 2.53 bits per heavy atom. The highest BCUT2D eigenvalue weighted by atomic mass is 19.1. The average Bonchev–Trinajstić information content (AvgIpc) is 3.17. The van der Waals surface area contributed by atoms with Gasteiger partial charge in [0.25, 0.3) is 5.91 Å². The van der Waals surface area contributed by atoms with E-state index in [9.17, 15) is 14.0 Å². The van der Waals surface area contributed by atoms with Crippen LogP contribution in [0.5, 0.6) is 0 Å². The molecule has 2 aromatic carbocycles. The Morgan fingerprint density at radius 2 is 1.78 bits per heavy atom. The van der Waals surface area contributed by atoms with Gasteiger partial charge in [0.15, 0.2) is 6.29 Å². The normalized spacial score (nSPS) is 25.7. The zero-order valence-corrected chi connectivity index (χ0v) is 18.0. The quantitative estimate of drug-likeness (QED) is 0.794. The summed E-state index contributed by atoms with van der Waals surface area (Å²) in [4.78, 5) is 31.3. The van der Waals surface area contributed by atoms with Crippen LogP contribution in [-0.4, -0.2) is 69.4 Å². The average molecular weight is 436 g/mol. The number of amides is 3. The van der Waals surface area contributed by atoms with Crippen molar-refractivity contribution in [2.75, 3.05) is 13.6 Å². The Hall–Kier alpha value is -3.30. The molecule has 2 fully saturated rings. The van der Waals surface area contributed by atoms with Gasteiger partial charge in [-0.25, -0.2) is 14.1 Å². The molecule has 3 amide bonds. The smallest absolute Gasteiger partial charge is 0.310 e. The van der Waals surface area contributed by atoms with Crippen LogP contribution in [0.25, 0.3) is 0 Å². The van der Waals surface area contributed by atoms with Crippen LogP contribution in [0.3, 0.4) is 0 Å². The zero-order chi connectivity index (χ0) is 22.4. The van der Waals surface area contributed by atoms with Crippen molar-refractivity contribution in [3.05, 3.63) is 71.5 Å². The summed E-state index contributed by atoms with van der Waals surface area (Å²) in [5.74, 6) is -0.763. The Balaban J connectivity index is 1.43. The monoisotopic (exact) mass is 436 g/mol. The van der Waals surface area contributed by atoms with E-state index in [1.807, 2.05) is 47.2 Å². The highest BCUT2D eigenvalue weighted by Crippen LogP contribution is 2.31. The molecule has 1 N–H and O–H groups in total. The minimum absolute atomic E-state index is 0.1000. The molecule has 8 nitrogen and oxygen atoms in total. The molecule has 2 aromatic rings. The first-order valence-electron chi connectivity index (χ1n) is 10.6. The lowest BCUT2D eigenvalue weighted by atomic mass is 10.1. The van der Waals surface area contributed by atoms with Crippen molar-refractivity contribution >= 4 is 17.6 Å². The predicted molar refractivity (Wildman–Crippen MR) is 116 cm³/mol. The number of carbonyl (C=O) groups excluding carboxylic acids is 2. The number of urea groups is 1. The van der Waals surface area contributed by atoms with Gasteiger partial charge in [0, 0.05) is 24.9 Å². The number of nitrogens with one attached hydrogen (secondary N) is 1. The minimum atomic E-state index is -0.585. The fourth-order valence-corrected chi connectivity index (χ4v) is 4.68. The first kappa shape index (κ1) is 20.6. The van der Waals surface area contributed by atoms with E-state index < -0.39 is 24.1 Å². The van der Waals surface area contributed by atoms with Crippen molar-refractivity contribution in [2.45, 2.75) is 38.5 Å². The maximum Gasteiger partial charge on any atom is 0.328 e. The highest BCUT2D eigenvalue weighted by Gasteiger charge is 2.56. The molecule has 0 bridgehead atoms. The molecule has 3 unspecified atom stereocenters. The number of benzene rings is 2. The molecular weight excluding hydrogens is 411 g/mol. The Kier molecular flexibility index (Phi) is 5.15. The Morgan fingerprint density at radius 1 is 1.06 bits per heavy atom. The van der Waals surface area contributed by atoms with Crippen LogP contribution in [0.15, 0.2) is 59.7 Å². The number of rotatable bonds is 4. The van der Waals surface area contributed by atoms with Crippen molar-refractivity contribution in [1.29, 1.82) is 0 Å². The number of nitrogens with zero attached hydrogens (tertiary/aromatic N) is 5. The predicted octanol–water partition coefficient (Wildman–Crippen LogP) is 1.99. The molecule has 3 atom stereocenters. The third-order valence-corrected chi connectivity index (χ3v) is 6.23. The van der Waals surface area contributed by atoms with Crippen molar-refractivity contribution in [1.82, 2.24) is 25.0 Å². The van der Waals surface area contributed by atoms with Crippen LogP contribution in [0.1, 0.15) is 18.1 Å². The first-order valence-corrected chi connectivity index (χ1v) is 10.6. The van der Waals surface area contributed by atoms with Gasteiger partial charge >= 0.3 is 6.03 Å². The zero-order valence-electron chi connectivity index (χ0n) is 18.0. The van der Waals surface area contributed by atoms with E-state index in [0.29, 0.717) is 18.7 Å². The van der Waals surface area contributed by atoms with Crippen molar-refractivity contribution in [3.63, 3.8) is 0 Å². The van der Waals surface area contributed by atoms with Gasteiger partial charge in [0.05, 0.1) is 13.1 Å². The van der Waals surface area contributed by atoms with E-state index in [2.05, 4.69) is 5.32 Å². The van der Waals surface area contributed by atoms with Crippen molar-refractivity contribution in [2.24, 2.45) is 5.10 Å². The molecule has 32 heavy (non-hydrogen) atoms. The van der Waals surface area contributed by atoms with Gasteiger partial charge in [-0.1, -0.05) is 48.5 Å². The topological polar surface area (TPSA) is 71.5 Å². The number of hydrogen-bond acceptors (Lipinski definition) is 6. The van der Waals surface area contributed by atoms with E-state index in [-0.39, 0.29) is 18.7 Å². The number of hydrogen-bond donors (Lipinski definition) is 1. The second-order valence-corrected chi connectivity index (χ2v) is 8.43. The summed E-state index contributed by atoms with van der Waals surface area (Å²) in [6.45, 7) is 2.90. The van der Waals surface area contributed by atoms with E-state index in [0.717, 1.165) is 16.2 Å². The molecular formula is C23H25FN6O2. The summed E-state index contributed by atoms with van der Waals surface area (Å²) in [5, 5.41) is 10.0. The lowest BCUT2D eigenvalue weighted by Crippen LogP contribution is -2.66. The number of fused-ring (bicyclic) bond motifs is 3.